The molecule has 0 heterocycles. The number of rotatable bonds is 2. The average molecular weight is 221 g/mol. The molecule has 1 N–H and O–H groups in total. The molecule has 11 heavy (non-hydrogen) atoms. The number of alkyl halides is 1. The zero-order valence-corrected chi connectivity index (χ0v) is 8.01. The van der Waals surface area contributed by atoms with Gasteiger partial charge in [0.15, 0.2) is 0 Å². The third-order valence-corrected chi connectivity index (χ3v) is 2.79. The second kappa shape index (κ2) is 4.21. The first-order valence-electron chi connectivity index (χ1n) is 4.00. The van der Waals surface area contributed by atoms with Gasteiger partial charge in [0.1, 0.15) is 5.78 Å². The van der Waals surface area contributed by atoms with Crippen molar-refractivity contribution in [2.24, 2.45) is 5.92 Å². The van der Waals surface area contributed by atoms with Crippen molar-refractivity contribution >= 4 is 21.7 Å². The Labute approximate surface area is 75.1 Å². The van der Waals surface area contributed by atoms with Gasteiger partial charge in [-0.25, -0.2) is 0 Å². The largest absolute Gasteiger partial charge is 0.393 e. The van der Waals surface area contributed by atoms with Crippen molar-refractivity contribution in [2.75, 3.05) is 5.33 Å². The molecule has 0 aromatic heterocycles. The number of halogens is 1. The van der Waals surface area contributed by atoms with E-state index in [9.17, 15) is 9.90 Å². The maximum absolute atomic E-state index is 11.2. The minimum Gasteiger partial charge on any atom is -0.393 e. The highest BCUT2D eigenvalue weighted by Gasteiger charge is 2.24. The predicted molar refractivity (Wildman–Crippen MR) is 46.8 cm³/mol. The van der Waals surface area contributed by atoms with E-state index >= 15 is 0 Å². The predicted octanol–water partition coefficient (Wildman–Crippen LogP) is 1.50. The highest BCUT2D eigenvalue weighted by atomic mass is 79.9. The highest BCUT2D eigenvalue weighted by molar-refractivity contribution is 9.09. The first kappa shape index (κ1) is 9.20. The molecule has 0 bridgehead atoms. The summed E-state index contributed by atoms with van der Waals surface area (Å²) < 4.78 is 0. The third-order valence-electron chi connectivity index (χ3n) is 2.23. The Hall–Kier alpha value is 0.110. The summed E-state index contributed by atoms with van der Waals surface area (Å²) in [6, 6.07) is 0. The monoisotopic (exact) mass is 220 g/mol. The van der Waals surface area contributed by atoms with Crippen LogP contribution in [0.2, 0.25) is 0 Å². The Bertz CT molecular complexity index is 147. The van der Waals surface area contributed by atoms with E-state index in [4.69, 9.17) is 0 Å². The highest BCUT2D eigenvalue weighted by Crippen LogP contribution is 2.25. The van der Waals surface area contributed by atoms with Gasteiger partial charge in [0.2, 0.25) is 0 Å². The van der Waals surface area contributed by atoms with Crippen LogP contribution >= 0.6 is 15.9 Å². The van der Waals surface area contributed by atoms with Crippen LogP contribution in [0.3, 0.4) is 0 Å². The average Bonchev–Trinajstić information content (AvgIpc) is 2.03. The van der Waals surface area contributed by atoms with Crippen molar-refractivity contribution in [3.63, 3.8) is 0 Å². The molecule has 1 aliphatic carbocycles. The van der Waals surface area contributed by atoms with E-state index in [0.29, 0.717) is 11.8 Å². The fourth-order valence-electron chi connectivity index (χ4n) is 1.57. The molecule has 0 saturated heterocycles. The number of aliphatic hydroxyl groups is 1. The molecule has 64 valence electrons. The Morgan fingerprint density at radius 2 is 2.27 bits per heavy atom. The van der Waals surface area contributed by atoms with Gasteiger partial charge in [-0.2, -0.15) is 0 Å². The summed E-state index contributed by atoms with van der Waals surface area (Å²) >= 11 is 3.14. The fourth-order valence-corrected chi connectivity index (χ4v) is 2.02. The first-order valence-corrected chi connectivity index (χ1v) is 5.13. The Morgan fingerprint density at radius 1 is 1.55 bits per heavy atom. The number of carbonyl (C=O) groups is 1. The van der Waals surface area contributed by atoms with Gasteiger partial charge in [-0.15, -0.1) is 0 Å². The van der Waals surface area contributed by atoms with Crippen molar-refractivity contribution in [3.05, 3.63) is 0 Å². The molecule has 1 rings (SSSR count). The van der Waals surface area contributed by atoms with Gasteiger partial charge in [-0.05, 0) is 19.3 Å². The van der Waals surface area contributed by atoms with Crippen molar-refractivity contribution in [2.45, 2.75) is 31.8 Å². The molecular formula is C8H13BrO2. The Kier molecular flexibility index (Phi) is 3.52. The van der Waals surface area contributed by atoms with Crippen molar-refractivity contribution in [1.29, 1.82) is 0 Å². The van der Waals surface area contributed by atoms with E-state index in [2.05, 4.69) is 15.9 Å². The van der Waals surface area contributed by atoms with E-state index in [1.54, 1.807) is 0 Å². The molecule has 0 spiro atoms. The molecule has 1 fully saturated rings. The molecule has 0 aromatic carbocycles. The van der Waals surface area contributed by atoms with Gasteiger partial charge in [0.05, 0.1) is 11.4 Å². The Balaban J connectivity index is 2.39. The number of hydrogen-bond acceptors (Lipinski definition) is 2. The summed E-state index contributed by atoms with van der Waals surface area (Å²) in [6.07, 6.45) is 3.25. The van der Waals surface area contributed by atoms with Crippen molar-refractivity contribution in [3.8, 4) is 0 Å². The second-order valence-corrected chi connectivity index (χ2v) is 3.68. The number of aliphatic hydroxyl groups excluding tert-OH is 1. The summed E-state index contributed by atoms with van der Waals surface area (Å²) in [5.41, 5.74) is 0. The summed E-state index contributed by atoms with van der Waals surface area (Å²) in [5, 5.41) is 9.69. The lowest BCUT2D eigenvalue weighted by atomic mass is 9.85. The summed E-state index contributed by atoms with van der Waals surface area (Å²) in [6.45, 7) is 0. The van der Waals surface area contributed by atoms with Crippen molar-refractivity contribution < 1.29 is 9.90 Å². The van der Waals surface area contributed by atoms with Crippen LogP contribution in [0.5, 0.6) is 0 Å². The van der Waals surface area contributed by atoms with Crippen LogP contribution in [0.1, 0.15) is 25.7 Å². The van der Waals surface area contributed by atoms with Crippen LogP contribution in [0, 0.1) is 5.92 Å². The van der Waals surface area contributed by atoms with Crippen LogP contribution in [0.15, 0.2) is 0 Å². The number of Topliss-reactive ketones (excluding diaryl/α,β-unsaturated/α-hetero) is 1. The topological polar surface area (TPSA) is 37.3 Å². The van der Waals surface area contributed by atoms with Gasteiger partial charge in [-0.3, -0.25) is 4.79 Å². The van der Waals surface area contributed by atoms with Gasteiger partial charge in [0, 0.05) is 5.92 Å². The zero-order chi connectivity index (χ0) is 8.27. The van der Waals surface area contributed by atoms with Gasteiger partial charge < -0.3 is 5.11 Å². The lowest BCUT2D eigenvalue weighted by molar-refractivity contribution is -0.122. The quantitative estimate of drug-likeness (QED) is 0.717. The van der Waals surface area contributed by atoms with Crippen LogP contribution < -0.4 is 0 Å². The lowest BCUT2D eigenvalue weighted by Gasteiger charge is -2.23. The molecular weight excluding hydrogens is 208 g/mol. The molecule has 0 unspecified atom stereocenters. The number of carbonyl (C=O) groups excluding carboxylic acids is 1. The van der Waals surface area contributed by atoms with Gasteiger partial charge in [0.25, 0.3) is 0 Å². The van der Waals surface area contributed by atoms with Crippen LogP contribution in [-0.4, -0.2) is 22.3 Å². The van der Waals surface area contributed by atoms with Gasteiger partial charge >= 0.3 is 0 Å². The second-order valence-electron chi connectivity index (χ2n) is 3.12. The van der Waals surface area contributed by atoms with E-state index in [0.717, 1.165) is 19.3 Å². The van der Waals surface area contributed by atoms with Gasteiger partial charge in [-0.1, -0.05) is 22.4 Å². The van der Waals surface area contributed by atoms with Crippen molar-refractivity contribution in [1.82, 2.24) is 0 Å². The minimum absolute atomic E-state index is 0.109. The van der Waals surface area contributed by atoms with Crippen LogP contribution in [0.25, 0.3) is 0 Å². The number of ketones is 1. The van der Waals surface area contributed by atoms with E-state index < -0.39 is 0 Å². The maximum atomic E-state index is 11.2. The molecule has 0 aliphatic heterocycles. The standard InChI is InChI=1S/C8H13BrO2/c9-5-8(11)6-2-1-3-7(10)4-6/h6-7,10H,1-5H2/t6-,7-/m0/s1. The molecule has 0 aromatic rings. The van der Waals surface area contributed by atoms with Crippen LogP contribution in [-0.2, 0) is 4.79 Å². The normalized spacial score (nSPS) is 31.8. The lowest BCUT2D eigenvalue weighted by Crippen LogP contribution is -2.26. The summed E-state index contributed by atoms with van der Waals surface area (Å²) in [5.74, 6) is 0.349. The molecule has 1 saturated carbocycles. The smallest absolute Gasteiger partial charge is 0.146 e. The fraction of sp³-hybridized carbons (Fsp3) is 0.875. The van der Waals surface area contributed by atoms with E-state index in [-0.39, 0.29) is 17.8 Å². The van der Waals surface area contributed by atoms with E-state index in [1.165, 1.54) is 0 Å². The molecule has 0 radical (unpaired) electrons. The van der Waals surface area contributed by atoms with E-state index in [1.807, 2.05) is 0 Å². The minimum atomic E-state index is -0.239. The molecule has 2 nitrogen and oxygen atoms in total. The Morgan fingerprint density at radius 3 is 2.82 bits per heavy atom. The molecule has 2 atom stereocenters. The first-order chi connectivity index (χ1) is 5.24. The SMILES string of the molecule is O=C(CBr)[C@H]1CCC[C@H](O)C1. The summed E-state index contributed by atoms with van der Waals surface area (Å²) in [4.78, 5) is 11.2. The summed E-state index contributed by atoms with van der Waals surface area (Å²) in [7, 11) is 0. The maximum Gasteiger partial charge on any atom is 0.146 e. The molecule has 0 amide bonds. The number of hydrogen-bond donors (Lipinski definition) is 1. The molecule has 3 heteroatoms. The molecule has 1 aliphatic rings. The third kappa shape index (κ3) is 2.56. The van der Waals surface area contributed by atoms with Crippen LogP contribution in [0.4, 0.5) is 0 Å². The zero-order valence-electron chi connectivity index (χ0n) is 6.42.